The Kier molecular flexibility index (Phi) is 6.83. The molecule has 1 aliphatic rings. The molecule has 1 aromatic rings. The highest BCUT2D eigenvalue weighted by atomic mass is 32.1. The smallest absolute Gasteiger partial charge is 0.222 e. The monoisotopic (exact) mass is 337 g/mol. The van der Waals surface area contributed by atoms with E-state index in [-0.39, 0.29) is 11.9 Å². The number of hydrogen-bond donors (Lipinski definition) is 2. The maximum absolute atomic E-state index is 11.7. The van der Waals surface area contributed by atoms with Crippen LogP contribution in [0.5, 0.6) is 0 Å². The molecule has 2 N–H and O–H groups in total. The molecule has 0 aromatic carbocycles. The number of carbonyl (C=O) groups excluding carboxylic acids is 1. The molecule has 1 saturated heterocycles. The van der Waals surface area contributed by atoms with Crippen molar-refractivity contribution in [3.05, 3.63) is 16.1 Å². The number of aliphatic imine (C=N–C) groups is 1. The van der Waals surface area contributed by atoms with E-state index in [2.05, 4.69) is 32.9 Å². The second kappa shape index (κ2) is 8.86. The summed E-state index contributed by atoms with van der Waals surface area (Å²) in [7, 11) is 1.78. The number of carbonyl (C=O) groups is 1. The van der Waals surface area contributed by atoms with Crippen LogP contribution < -0.4 is 10.6 Å². The number of aryl methyl sites for hydroxylation is 1. The lowest BCUT2D eigenvalue weighted by atomic mass is 10.3. The molecule has 1 fully saturated rings. The molecule has 1 unspecified atom stereocenters. The molecule has 1 aromatic heterocycles. The first-order chi connectivity index (χ1) is 11.2. The van der Waals surface area contributed by atoms with Crippen LogP contribution in [-0.2, 0) is 17.6 Å². The van der Waals surface area contributed by atoms with Gasteiger partial charge in [-0.15, -0.1) is 11.3 Å². The van der Waals surface area contributed by atoms with E-state index in [0.29, 0.717) is 6.42 Å². The summed E-state index contributed by atoms with van der Waals surface area (Å²) in [6.45, 7) is 6.43. The number of amides is 1. The average Bonchev–Trinajstić information content (AvgIpc) is 3.22. The minimum Gasteiger partial charge on any atom is -0.356 e. The zero-order valence-corrected chi connectivity index (χ0v) is 15.1. The predicted octanol–water partition coefficient (Wildman–Crippen LogP) is 1.42. The fourth-order valence-electron chi connectivity index (χ4n) is 2.65. The Labute approximate surface area is 142 Å². The van der Waals surface area contributed by atoms with Gasteiger partial charge in [0, 0.05) is 50.9 Å². The Hall–Kier alpha value is -1.63. The van der Waals surface area contributed by atoms with Crippen molar-refractivity contribution < 1.29 is 4.79 Å². The highest BCUT2D eigenvalue weighted by Gasteiger charge is 2.25. The molecule has 2 rings (SSSR count). The highest BCUT2D eigenvalue weighted by molar-refractivity contribution is 7.09. The van der Waals surface area contributed by atoms with E-state index in [1.54, 1.807) is 18.4 Å². The van der Waals surface area contributed by atoms with Crippen LogP contribution in [0.15, 0.2) is 10.4 Å². The number of likely N-dealkylation sites (tertiary alicyclic amines) is 1. The van der Waals surface area contributed by atoms with Gasteiger partial charge < -0.3 is 15.5 Å². The summed E-state index contributed by atoms with van der Waals surface area (Å²) < 4.78 is 0. The first-order valence-corrected chi connectivity index (χ1v) is 9.22. The zero-order chi connectivity index (χ0) is 16.7. The number of thiazole rings is 1. The molecule has 0 aliphatic carbocycles. The van der Waals surface area contributed by atoms with Crippen LogP contribution in [0.4, 0.5) is 0 Å². The number of nitrogens with one attached hydrogen (secondary N) is 2. The van der Waals surface area contributed by atoms with Crippen LogP contribution >= 0.6 is 11.3 Å². The molecule has 7 heteroatoms. The average molecular weight is 337 g/mol. The molecule has 1 aliphatic heterocycles. The summed E-state index contributed by atoms with van der Waals surface area (Å²) in [4.78, 5) is 22.5. The SMILES string of the molecule is CCC(=O)N1CCC(NC(=NC)NCCc2csc(CC)n2)C1. The van der Waals surface area contributed by atoms with Crippen molar-refractivity contribution in [2.24, 2.45) is 4.99 Å². The van der Waals surface area contributed by atoms with Crippen molar-refractivity contribution in [3.8, 4) is 0 Å². The molecular formula is C16H27N5OS. The molecule has 1 amide bonds. The van der Waals surface area contributed by atoms with Gasteiger partial charge in [0.05, 0.1) is 10.7 Å². The Morgan fingerprint density at radius 2 is 2.35 bits per heavy atom. The lowest BCUT2D eigenvalue weighted by Crippen LogP contribution is -2.45. The van der Waals surface area contributed by atoms with Gasteiger partial charge in [-0.3, -0.25) is 9.79 Å². The molecule has 0 spiro atoms. The molecule has 6 nitrogen and oxygen atoms in total. The molecular weight excluding hydrogens is 310 g/mol. The standard InChI is InChI=1S/C16H27N5OS/c1-4-14-19-13(11-23-14)6-8-18-16(17-3)20-12-7-9-21(10-12)15(22)5-2/h11-12H,4-10H2,1-3H3,(H2,17,18,20). The van der Waals surface area contributed by atoms with E-state index in [9.17, 15) is 4.79 Å². The highest BCUT2D eigenvalue weighted by Crippen LogP contribution is 2.11. The number of hydrogen-bond acceptors (Lipinski definition) is 4. The van der Waals surface area contributed by atoms with Gasteiger partial charge in [-0.05, 0) is 12.8 Å². The fraction of sp³-hybridized carbons (Fsp3) is 0.688. The quantitative estimate of drug-likeness (QED) is 0.608. The van der Waals surface area contributed by atoms with E-state index in [1.165, 1.54) is 5.01 Å². The summed E-state index contributed by atoms with van der Waals surface area (Å²) in [5, 5.41) is 10.1. The van der Waals surface area contributed by atoms with Gasteiger partial charge in [0.25, 0.3) is 0 Å². The van der Waals surface area contributed by atoms with Crippen molar-refractivity contribution >= 4 is 23.2 Å². The van der Waals surface area contributed by atoms with E-state index in [0.717, 1.165) is 50.6 Å². The minimum absolute atomic E-state index is 0.229. The number of rotatable bonds is 6. The summed E-state index contributed by atoms with van der Waals surface area (Å²) in [6, 6.07) is 0.280. The third kappa shape index (κ3) is 5.20. The Balaban J connectivity index is 1.72. The normalized spacial score (nSPS) is 18.3. The predicted molar refractivity (Wildman–Crippen MR) is 95.0 cm³/mol. The number of nitrogens with zero attached hydrogens (tertiary/aromatic N) is 3. The van der Waals surface area contributed by atoms with Crippen LogP contribution in [0.2, 0.25) is 0 Å². The van der Waals surface area contributed by atoms with Gasteiger partial charge in [-0.25, -0.2) is 4.98 Å². The molecule has 128 valence electrons. The third-order valence-corrected chi connectivity index (χ3v) is 5.03. The van der Waals surface area contributed by atoms with E-state index < -0.39 is 0 Å². The molecule has 2 heterocycles. The van der Waals surface area contributed by atoms with E-state index in [1.807, 2.05) is 11.8 Å². The van der Waals surface area contributed by atoms with Crippen LogP contribution in [0, 0.1) is 0 Å². The Bertz CT molecular complexity index is 542. The van der Waals surface area contributed by atoms with Crippen LogP contribution in [0.25, 0.3) is 0 Å². The van der Waals surface area contributed by atoms with E-state index in [4.69, 9.17) is 0 Å². The van der Waals surface area contributed by atoms with Crippen molar-refractivity contribution in [1.82, 2.24) is 20.5 Å². The summed E-state index contributed by atoms with van der Waals surface area (Å²) >= 11 is 1.72. The maximum atomic E-state index is 11.7. The van der Waals surface area contributed by atoms with Gasteiger partial charge in [0.15, 0.2) is 5.96 Å². The second-order valence-electron chi connectivity index (χ2n) is 5.66. The fourth-order valence-corrected chi connectivity index (χ4v) is 3.43. The van der Waals surface area contributed by atoms with Crippen molar-refractivity contribution in [2.75, 3.05) is 26.7 Å². The third-order valence-electron chi connectivity index (χ3n) is 3.98. The zero-order valence-electron chi connectivity index (χ0n) is 14.3. The first-order valence-electron chi connectivity index (χ1n) is 8.34. The van der Waals surface area contributed by atoms with Gasteiger partial charge in [0.2, 0.25) is 5.91 Å². The maximum Gasteiger partial charge on any atom is 0.222 e. The molecule has 23 heavy (non-hydrogen) atoms. The molecule has 0 bridgehead atoms. The largest absolute Gasteiger partial charge is 0.356 e. The second-order valence-corrected chi connectivity index (χ2v) is 6.60. The minimum atomic E-state index is 0.229. The summed E-state index contributed by atoms with van der Waals surface area (Å²) in [5.74, 6) is 1.03. The van der Waals surface area contributed by atoms with Crippen LogP contribution in [0.1, 0.15) is 37.4 Å². The van der Waals surface area contributed by atoms with Crippen molar-refractivity contribution in [1.29, 1.82) is 0 Å². The molecule has 0 saturated carbocycles. The lowest BCUT2D eigenvalue weighted by Gasteiger charge is -2.18. The summed E-state index contributed by atoms with van der Waals surface area (Å²) in [6.07, 6.45) is 3.43. The number of aromatic nitrogens is 1. The van der Waals surface area contributed by atoms with E-state index >= 15 is 0 Å². The van der Waals surface area contributed by atoms with Gasteiger partial charge in [0.1, 0.15) is 0 Å². The Morgan fingerprint density at radius 3 is 3.00 bits per heavy atom. The van der Waals surface area contributed by atoms with Crippen LogP contribution in [0.3, 0.4) is 0 Å². The van der Waals surface area contributed by atoms with Gasteiger partial charge in [-0.1, -0.05) is 13.8 Å². The van der Waals surface area contributed by atoms with Crippen molar-refractivity contribution in [2.45, 2.75) is 45.6 Å². The topological polar surface area (TPSA) is 69.6 Å². The first kappa shape index (κ1) is 17.7. The molecule has 1 atom stereocenters. The summed E-state index contributed by atoms with van der Waals surface area (Å²) in [5.41, 5.74) is 1.13. The Morgan fingerprint density at radius 1 is 1.52 bits per heavy atom. The lowest BCUT2D eigenvalue weighted by molar-refractivity contribution is -0.129. The van der Waals surface area contributed by atoms with Crippen molar-refractivity contribution in [3.63, 3.8) is 0 Å². The molecule has 0 radical (unpaired) electrons. The van der Waals surface area contributed by atoms with Crippen LogP contribution in [-0.4, -0.2) is 54.5 Å². The van der Waals surface area contributed by atoms with Gasteiger partial charge >= 0.3 is 0 Å². The van der Waals surface area contributed by atoms with Gasteiger partial charge in [-0.2, -0.15) is 0 Å². The number of guanidine groups is 1.